The summed E-state index contributed by atoms with van der Waals surface area (Å²) in [5.74, 6) is 0.337. The average Bonchev–Trinajstić information content (AvgIpc) is 3.59. The van der Waals surface area contributed by atoms with Gasteiger partial charge in [0.25, 0.3) is 0 Å². The van der Waals surface area contributed by atoms with Crippen LogP contribution < -0.4 is 0 Å². The molecule has 7 heteroatoms. The van der Waals surface area contributed by atoms with Crippen molar-refractivity contribution in [1.29, 1.82) is 0 Å². The normalized spacial score (nSPS) is 15.3. The summed E-state index contributed by atoms with van der Waals surface area (Å²) in [7, 11) is 0. The van der Waals surface area contributed by atoms with Gasteiger partial charge in [-0.3, -0.25) is 15.0 Å². The van der Waals surface area contributed by atoms with E-state index in [1.165, 1.54) is 37.0 Å². The molecule has 6 nitrogen and oxygen atoms in total. The molecule has 1 aliphatic rings. The molecule has 1 fully saturated rings. The molecule has 6 rings (SSSR count). The van der Waals surface area contributed by atoms with Crippen LogP contribution in [-0.2, 0) is 0 Å². The van der Waals surface area contributed by atoms with E-state index in [4.69, 9.17) is 4.98 Å². The van der Waals surface area contributed by atoms with Gasteiger partial charge in [-0.25, -0.2) is 9.37 Å². The molecule has 3 aromatic heterocycles. The van der Waals surface area contributed by atoms with Gasteiger partial charge >= 0.3 is 0 Å². The minimum Gasteiger partial charge on any atom is -0.335 e. The third-order valence-electron chi connectivity index (χ3n) is 7.42. The number of allylic oxidation sites excluding steroid dienone is 3. The monoisotopic (exact) mass is 518 g/mol. The number of hydrogen-bond acceptors (Lipinski definition) is 4. The van der Waals surface area contributed by atoms with E-state index < -0.39 is 0 Å². The Morgan fingerprint density at radius 3 is 2.74 bits per heavy atom. The maximum absolute atomic E-state index is 13.9. The topological polar surface area (TPSA) is 73.5 Å². The summed E-state index contributed by atoms with van der Waals surface area (Å²) in [5, 5.41) is 8.71. The molecule has 5 aromatic rings. The van der Waals surface area contributed by atoms with E-state index >= 15 is 0 Å². The number of pyridine rings is 1. The predicted molar refractivity (Wildman–Crippen MR) is 157 cm³/mol. The molecule has 0 unspecified atom stereocenters. The Hall–Kier alpha value is -4.36. The zero-order valence-electron chi connectivity index (χ0n) is 22.0. The number of aromatic nitrogens is 5. The Labute approximate surface area is 227 Å². The second kappa shape index (κ2) is 10.8. The molecule has 39 heavy (non-hydrogen) atoms. The van der Waals surface area contributed by atoms with Gasteiger partial charge < -0.3 is 4.98 Å². The van der Waals surface area contributed by atoms with Crippen LogP contribution in [0.15, 0.2) is 85.2 Å². The van der Waals surface area contributed by atoms with Crippen molar-refractivity contribution in [3.63, 3.8) is 0 Å². The van der Waals surface area contributed by atoms with Crippen LogP contribution in [0.25, 0.3) is 50.2 Å². The zero-order chi connectivity index (χ0) is 26.8. The second-order valence-electron chi connectivity index (χ2n) is 10.0. The first-order valence-corrected chi connectivity index (χ1v) is 13.4. The number of H-pyrrole nitrogens is 2. The second-order valence-corrected chi connectivity index (χ2v) is 10.0. The van der Waals surface area contributed by atoms with Gasteiger partial charge in [-0.05, 0) is 79.4 Å². The fourth-order valence-corrected chi connectivity index (χ4v) is 5.36. The molecule has 196 valence electrons. The van der Waals surface area contributed by atoms with Crippen LogP contribution >= 0.6 is 0 Å². The molecule has 1 aliphatic heterocycles. The van der Waals surface area contributed by atoms with E-state index in [0.717, 1.165) is 69.5 Å². The molecule has 4 heterocycles. The highest BCUT2D eigenvalue weighted by molar-refractivity contribution is 5.98. The molecule has 0 atom stereocenters. The Morgan fingerprint density at radius 2 is 1.95 bits per heavy atom. The molecular formula is C32H31FN6. The van der Waals surface area contributed by atoms with Gasteiger partial charge in [0.2, 0.25) is 0 Å². The van der Waals surface area contributed by atoms with Gasteiger partial charge in [0.15, 0.2) is 5.82 Å². The number of nitrogens with zero attached hydrogens (tertiary/aromatic N) is 4. The number of hydrogen-bond donors (Lipinski definition) is 2. The Bertz CT molecular complexity index is 1720. The minimum absolute atomic E-state index is 0.296. The first kappa shape index (κ1) is 24.9. The fraction of sp³-hybridized carbons (Fsp3) is 0.219. The lowest BCUT2D eigenvalue weighted by molar-refractivity contribution is 0.248. The zero-order valence-corrected chi connectivity index (χ0v) is 22.0. The number of fused-ring (bicyclic) bond motifs is 2. The van der Waals surface area contributed by atoms with E-state index in [1.807, 2.05) is 12.1 Å². The summed E-state index contributed by atoms with van der Waals surface area (Å²) in [5.41, 5.74) is 8.09. The number of rotatable bonds is 7. The van der Waals surface area contributed by atoms with E-state index in [1.54, 1.807) is 18.5 Å². The number of likely N-dealkylation sites (tertiary alicyclic amines) is 1. The van der Waals surface area contributed by atoms with Crippen molar-refractivity contribution in [3.05, 3.63) is 96.6 Å². The van der Waals surface area contributed by atoms with Gasteiger partial charge in [0, 0.05) is 23.7 Å². The van der Waals surface area contributed by atoms with Gasteiger partial charge in [-0.2, -0.15) is 5.10 Å². The molecule has 0 bridgehead atoms. The number of halogens is 1. The molecule has 2 aromatic carbocycles. The summed E-state index contributed by atoms with van der Waals surface area (Å²) >= 11 is 0. The lowest BCUT2D eigenvalue weighted by Gasteiger charge is -2.26. The van der Waals surface area contributed by atoms with E-state index in [0.29, 0.717) is 5.82 Å². The summed E-state index contributed by atoms with van der Waals surface area (Å²) in [4.78, 5) is 15.1. The highest BCUT2D eigenvalue weighted by Crippen LogP contribution is 2.32. The Balaban J connectivity index is 1.37. The summed E-state index contributed by atoms with van der Waals surface area (Å²) in [6, 6.07) is 12.8. The lowest BCUT2D eigenvalue weighted by atomic mass is 10.00. The smallest absolute Gasteiger partial charge is 0.159 e. The summed E-state index contributed by atoms with van der Waals surface area (Å²) < 4.78 is 13.9. The van der Waals surface area contributed by atoms with Crippen molar-refractivity contribution in [2.75, 3.05) is 19.6 Å². The predicted octanol–water partition coefficient (Wildman–Crippen LogP) is 7.31. The van der Waals surface area contributed by atoms with Gasteiger partial charge in [0.05, 0.1) is 22.7 Å². The summed E-state index contributed by atoms with van der Waals surface area (Å²) in [6.45, 7) is 9.36. The number of aromatic amines is 2. The first-order valence-electron chi connectivity index (χ1n) is 13.4. The highest BCUT2D eigenvalue weighted by atomic mass is 19.1. The molecule has 2 N–H and O–H groups in total. The molecule has 1 saturated heterocycles. The SMILES string of the molecule is C=C/C(=C\C(=C/C)c1ccc2[nH]nc(-c3nc4c(-c5cccc(F)c5)cncc4[nH]3)c2c1)CN1CCCCC1. The van der Waals surface area contributed by atoms with Crippen molar-refractivity contribution < 1.29 is 4.39 Å². The van der Waals surface area contributed by atoms with Crippen molar-refractivity contribution in [2.45, 2.75) is 26.2 Å². The van der Waals surface area contributed by atoms with Gasteiger partial charge in [-0.15, -0.1) is 0 Å². The number of nitrogens with one attached hydrogen (secondary N) is 2. The van der Waals surface area contributed by atoms with Crippen molar-refractivity contribution in [2.24, 2.45) is 0 Å². The lowest BCUT2D eigenvalue weighted by Crippen LogP contribution is -2.31. The quantitative estimate of drug-likeness (QED) is 0.222. The number of piperidine rings is 1. The Morgan fingerprint density at radius 1 is 1.08 bits per heavy atom. The molecule has 0 aliphatic carbocycles. The van der Waals surface area contributed by atoms with Crippen LogP contribution in [0.1, 0.15) is 31.7 Å². The standard InChI is InChI=1S/C32H31FN6/c1-3-21(20-39-13-6-5-7-14-39)15-22(4-2)23-11-12-28-26(17-23)31(38-37-28)32-35-29-19-34-18-27(30(29)36-32)24-9-8-10-25(33)16-24/h3-4,8-12,15-19H,1,5-7,13-14,20H2,2H3,(H,35,36)(H,37,38)/b21-15+,22-4+. The van der Waals surface area contributed by atoms with E-state index in [2.05, 4.69) is 68.9 Å². The molecule has 0 radical (unpaired) electrons. The van der Waals surface area contributed by atoms with Crippen LogP contribution in [0.4, 0.5) is 4.39 Å². The number of benzene rings is 2. The first-order chi connectivity index (χ1) is 19.1. The molecular weight excluding hydrogens is 487 g/mol. The van der Waals surface area contributed by atoms with E-state index in [-0.39, 0.29) is 5.82 Å². The highest BCUT2D eigenvalue weighted by Gasteiger charge is 2.17. The summed E-state index contributed by atoms with van der Waals surface area (Å²) in [6.07, 6.45) is 13.7. The van der Waals surface area contributed by atoms with Gasteiger partial charge in [0.1, 0.15) is 11.5 Å². The van der Waals surface area contributed by atoms with Crippen molar-refractivity contribution >= 4 is 27.5 Å². The Kier molecular flexibility index (Phi) is 6.90. The van der Waals surface area contributed by atoms with Crippen LogP contribution in [0, 0.1) is 5.82 Å². The third-order valence-corrected chi connectivity index (χ3v) is 7.42. The van der Waals surface area contributed by atoms with E-state index in [9.17, 15) is 4.39 Å². The van der Waals surface area contributed by atoms with Crippen LogP contribution in [0.5, 0.6) is 0 Å². The van der Waals surface area contributed by atoms with Crippen LogP contribution in [0.2, 0.25) is 0 Å². The van der Waals surface area contributed by atoms with Crippen molar-refractivity contribution in [1.82, 2.24) is 30.0 Å². The number of imidazole rings is 1. The fourth-order valence-electron chi connectivity index (χ4n) is 5.36. The molecule has 0 saturated carbocycles. The maximum atomic E-state index is 13.9. The molecule has 0 spiro atoms. The molecule has 0 amide bonds. The van der Waals surface area contributed by atoms with Gasteiger partial charge in [-0.1, -0.05) is 49.4 Å². The van der Waals surface area contributed by atoms with Crippen molar-refractivity contribution in [3.8, 4) is 22.6 Å². The van der Waals surface area contributed by atoms with Crippen LogP contribution in [-0.4, -0.2) is 49.7 Å². The third kappa shape index (κ3) is 5.05. The largest absolute Gasteiger partial charge is 0.335 e. The van der Waals surface area contributed by atoms with Crippen LogP contribution in [0.3, 0.4) is 0 Å². The minimum atomic E-state index is -0.296. The maximum Gasteiger partial charge on any atom is 0.159 e. The average molecular weight is 519 g/mol.